The minimum atomic E-state index is -4.68. The number of rotatable bonds is 15. The van der Waals surface area contributed by atoms with Crippen LogP contribution in [-0.4, -0.2) is 77.3 Å². The van der Waals surface area contributed by atoms with Gasteiger partial charge in [0.25, 0.3) is 29.5 Å². The molecule has 113 heavy (non-hydrogen) atoms. The van der Waals surface area contributed by atoms with Gasteiger partial charge in [0, 0.05) is 75.4 Å². The molecule has 0 spiro atoms. The summed E-state index contributed by atoms with van der Waals surface area (Å²) < 4.78 is 82.8. The number of aromatic nitrogens is 7. The van der Waals surface area contributed by atoms with Gasteiger partial charge in [-0.3, -0.25) is 53.7 Å². The van der Waals surface area contributed by atoms with Crippen LogP contribution in [0, 0.1) is 34.6 Å². The number of halogens is 10. The molecule has 8 aromatic heterocycles. The molecule has 0 bridgehead atoms. The summed E-state index contributed by atoms with van der Waals surface area (Å²) in [7, 11) is 1.58. The zero-order valence-corrected chi connectivity index (χ0v) is 64.5. The number of thiophene rings is 1. The minimum absolute atomic E-state index is 0.0127. The first-order valence-electron chi connectivity index (χ1n) is 33.8. The van der Waals surface area contributed by atoms with Crippen molar-refractivity contribution < 1.29 is 59.8 Å². The summed E-state index contributed by atoms with van der Waals surface area (Å²) in [6, 6.07) is 57.2. The van der Waals surface area contributed by atoms with E-state index in [9.17, 15) is 55.1 Å². The van der Waals surface area contributed by atoms with Crippen molar-refractivity contribution in [3.8, 4) is 50.8 Å². The van der Waals surface area contributed by atoms with Crippen LogP contribution in [0.4, 0.5) is 49.1 Å². The van der Waals surface area contributed by atoms with Gasteiger partial charge < -0.3 is 20.7 Å². The van der Waals surface area contributed by atoms with Crippen LogP contribution < -0.4 is 25.6 Å². The minimum Gasteiger partial charge on any atom is -0.497 e. The first-order chi connectivity index (χ1) is 53.8. The third kappa shape index (κ3) is 21.6. The highest BCUT2D eigenvalue weighted by Crippen LogP contribution is 2.37. The maximum atomic E-state index is 13.8. The molecule has 0 saturated heterocycles. The number of nitrogens with one attached hydrogen (secondary N) is 3. The Morgan fingerprint density at radius 3 is 1.19 bits per heavy atom. The molecule has 18 nitrogen and oxygen atoms in total. The van der Waals surface area contributed by atoms with E-state index < -0.39 is 41.5 Å². The van der Waals surface area contributed by atoms with Crippen LogP contribution in [-0.2, 0) is 12.4 Å². The summed E-state index contributed by atoms with van der Waals surface area (Å²) in [6.45, 7) is 9.43. The maximum absolute atomic E-state index is 13.8. The number of methoxy groups -OCH3 is 1. The van der Waals surface area contributed by atoms with E-state index in [4.69, 9.17) is 51.1 Å². The molecule has 3 N–H and O–H groups in total. The smallest absolute Gasteiger partial charge is 0.433 e. The number of hydrogen-bond donors (Lipinski definition) is 3. The number of ketones is 1. The van der Waals surface area contributed by atoms with Gasteiger partial charge in [0.1, 0.15) is 17.1 Å². The molecular weight excluding hydrogens is 1560 g/mol. The Morgan fingerprint density at radius 2 is 0.796 bits per heavy atom. The van der Waals surface area contributed by atoms with E-state index in [0.717, 1.165) is 51.2 Å². The van der Waals surface area contributed by atoms with Crippen molar-refractivity contribution in [3.05, 3.63) is 329 Å². The number of pyridine rings is 7. The number of alkyl halides is 6. The van der Waals surface area contributed by atoms with Crippen molar-refractivity contribution in [2.75, 3.05) is 28.0 Å². The van der Waals surface area contributed by atoms with Gasteiger partial charge in [-0.1, -0.05) is 70.7 Å². The summed E-state index contributed by atoms with van der Waals surface area (Å²) in [5.74, 6) is -2.00. The third-order valence-corrected chi connectivity index (χ3v) is 19.0. The lowest BCUT2D eigenvalue weighted by molar-refractivity contribution is -0.142. The maximum Gasteiger partial charge on any atom is 0.433 e. The van der Waals surface area contributed by atoms with Crippen molar-refractivity contribution in [2.45, 2.75) is 53.9 Å². The number of ether oxygens (including phenoxy) is 1. The van der Waals surface area contributed by atoms with Gasteiger partial charge in [0.2, 0.25) is 0 Å². The van der Waals surface area contributed by atoms with E-state index in [2.05, 4.69) is 50.8 Å². The molecule has 13 aromatic rings. The van der Waals surface area contributed by atoms with Crippen molar-refractivity contribution in [2.24, 2.45) is 0 Å². The molecule has 5 aromatic carbocycles. The predicted molar refractivity (Wildman–Crippen MR) is 427 cm³/mol. The van der Waals surface area contributed by atoms with Crippen LogP contribution in [0.25, 0.3) is 45.0 Å². The van der Waals surface area contributed by atoms with Gasteiger partial charge in [-0.05, 0) is 235 Å². The van der Waals surface area contributed by atoms with E-state index in [1.807, 2.05) is 61.5 Å². The number of hydrogen-bond acceptors (Lipinski definition) is 15. The van der Waals surface area contributed by atoms with Gasteiger partial charge in [0.05, 0.1) is 99.2 Å². The highest BCUT2D eigenvalue weighted by atomic mass is 35.5. The number of imide groups is 1. The van der Waals surface area contributed by atoms with E-state index >= 15 is 0 Å². The summed E-state index contributed by atoms with van der Waals surface area (Å²) in [6.07, 6.45) is -2.66. The number of Topliss-reactive ketones (excluding diaryl/α,β-unsaturated/α-hetero) is 1. The molecule has 5 amide bonds. The Balaban J connectivity index is 0.000000162. The Kier molecular flexibility index (Phi) is 27.3. The molecular formula is C84H63Cl4F6N11O7S. The molecule has 29 heteroatoms. The monoisotopic (exact) mass is 1620 g/mol. The number of aryl methyl sites for hydroxylation is 5. The fourth-order valence-corrected chi connectivity index (χ4v) is 12.6. The second-order valence-corrected chi connectivity index (χ2v) is 27.3. The number of anilines is 4. The molecule has 8 heterocycles. The lowest BCUT2D eigenvalue weighted by atomic mass is 10.1. The molecule has 0 radical (unpaired) electrons. The summed E-state index contributed by atoms with van der Waals surface area (Å²) >= 11 is 26.3. The average molecular weight is 1630 g/mol. The second kappa shape index (κ2) is 37.1. The van der Waals surface area contributed by atoms with Crippen LogP contribution in [0.2, 0.25) is 20.1 Å². The fraction of sp³-hybridized carbons (Fsp3) is 0.107. The second-order valence-electron chi connectivity index (χ2n) is 24.6. The summed E-state index contributed by atoms with van der Waals surface area (Å²) in [5.41, 5.74) is 7.31. The van der Waals surface area contributed by atoms with E-state index in [1.54, 1.807) is 161 Å². The first kappa shape index (κ1) is 83.1. The lowest BCUT2D eigenvalue weighted by Crippen LogP contribution is -2.38. The Hall–Kier alpha value is -12.4. The molecule has 0 aliphatic heterocycles. The van der Waals surface area contributed by atoms with Crippen LogP contribution in [0.1, 0.15) is 107 Å². The van der Waals surface area contributed by atoms with Crippen molar-refractivity contribution in [3.63, 3.8) is 0 Å². The van der Waals surface area contributed by atoms with Crippen molar-refractivity contribution >= 4 is 116 Å². The normalized spacial score (nSPS) is 10.9. The molecule has 0 aliphatic carbocycles. The third-order valence-electron chi connectivity index (χ3n) is 16.5. The van der Waals surface area contributed by atoms with Crippen LogP contribution in [0.3, 0.4) is 0 Å². The van der Waals surface area contributed by atoms with Crippen LogP contribution in [0.15, 0.2) is 237 Å². The van der Waals surface area contributed by atoms with Gasteiger partial charge in [-0.15, -0.1) is 11.3 Å². The van der Waals surface area contributed by atoms with Gasteiger partial charge in [-0.25, -0.2) is 14.9 Å². The van der Waals surface area contributed by atoms with Crippen molar-refractivity contribution in [1.82, 2.24) is 34.9 Å². The van der Waals surface area contributed by atoms with E-state index in [0.29, 0.717) is 98.2 Å². The zero-order chi connectivity index (χ0) is 81.4. The highest BCUT2D eigenvalue weighted by molar-refractivity contribution is 7.16. The Labute approximate surface area is 667 Å². The van der Waals surface area contributed by atoms with E-state index in [1.165, 1.54) is 50.3 Å². The molecule has 0 aliphatic rings. The highest BCUT2D eigenvalue weighted by Gasteiger charge is 2.36. The predicted octanol–water partition coefficient (Wildman–Crippen LogP) is 21.9. The number of nitrogens with zero attached hydrogens (tertiary/aromatic N) is 8. The Bertz CT molecular complexity index is 5700. The van der Waals surface area contributed by atoms with Crippen molar-refractivity contribution in [1.29, 1.82) is 0 Å². The largest absolute Gasteiger partial charge is 0.497 e. The van der Waals surface area contributed by atoms with Gasteiger partial charge in [0.15, 0.2) is 5.78 Å². The quantitative estimate of drug-likeness (QED) is 0.0491. The lowest BCUT2D eigenvalue weighted by Gasteiger charge is -2.23. The van der Waals surface area contributed by atoms with Gasteiger partial charge in [-0.2, -0.15) is 26.3 Å². The Morgan fingerprint density at radius 1 is 0.407 bits per heavy atom. The average Bonchev–Trinajstić information content (AvgIpc) is 0.901. The molecule has 0 fully saturated rings. The number of carbonyl (C=O) groups is 6. The molecule has 0 unspecified atom stereocenters. The number of carbonyl (C=O) groups excluding carboxylic acids is 6. The van der Waals surface area contributed by atoms with Crippen LogP contribution >= 0.6 is 57.7 Å². The summed E-state index contributed by atoms with van der Waals surface area (Å²) in [4.78, 5) is 107. The number of amides is 5. The van der Waals surface area contributed by atoms with Crippen LogP contribution in [0.5, 0.6) is 5.75 Å². The first-order valence-corrected chi connectivity index (χ1v) is 36.1. The van der Waals surface area contributed by atoms with E-state index in [-0.39, 0.29) is 51.4 Å². The summed E-state index contributed by atoms with van der Waals surface area (Å²) in [5, 5.41) is 10.3. The molecule has 13 rings (SSSR count). The fourth-order valence-electron chi connectivity index (χ4n) is 11.0. The SMILES string of the molecule is CC(=O)c1ccc(C(=O)Nc2ccc(Cl)c(-c3ccccn3)c2)s1.COc1cc(C)cc(C(=O)Nc2ccc(Cl)c(-c3ccccn3)c2)c1.Cc1ccc(C(=O)N(C(=O)c2ccc(C(F)(F)F)nc2C)c2ccc(Cl)c(-c3ccccn3)c2)c(C)n1.Cc1nc(C(F)(F)F)ccc1C(=O)Nc1ccc(Cl)c(-c2ccccn2)c1. The van der Waals surface area contributed by atoms with Gasteiger partial charge >= 0.3 is 12.4 Å². The molecule has 572 valence electrons. The standard InChI is InChI=1S/C27H20ClF3N4O2.C20H17ClN2O2.C19H13ClF3N3O.C18H13ClN2O2S/c1-15-7-9-19(16(2)33-15)25(36)35(26(37)20-10-12-24(27(29,30)31)34-17(20)3)18-8-11-22(28)21(14-18)23-6-4-5-13-32-23;1-13-9-14(11-16(10-13)25-2)20(24)23-15-6-7-18(21)17(12-15)19-5-3-4-8-22-19;1-11-13(6-8-17(25-11)19(21,22)23)18(27)26-12-5-7-15(20)14(10-12)16-4-2-3-9-24-16;1-11(22)16-7-8-17(24-16)18(23)21-12-5-6-14(19)13(10-12)15-4-2-3-9-20-15/h4-14H,1-3H3;3-12H,1-2H3,(H,23,24);2-10H,1H3,(H,26,27);2-10H,1H3,(H,21,23). The zero-order valence-electron chi connectivity index (χ0n) is 60.6. The number of benzene rings is 5. The molecule has 0 atom stereocenters. The topological polar surface area (TPSA) is 241 Å². The molecule has 0 saturated carbocycles.